The summed E-state index contributed by atoms with van der Waals surface area (Å²) in [5, 5.41) is 10.6. The van der Waals surface area contributed by atoms with Crippen LogP contribution in [-0.2, 0) is 4.74 Å². The normalized spacial score (nSPS) is 43.5. The summed E-state index contributed by atoms with van der Waals surface area (Å²) < 4.78 is 6.01. The Hall–Kier alpha value is -0.600. The molecular formula is C33H56O2. The highest BCUT2D eigenvalue weighted by atomic mass is 16.5. The number of methoxy groups -OCH3 is 1. The summed E-state index contributed by atoms with van der Waals surface area (Å²) in [7, 11) is 1.92. The number of hydrogen-bond donors (Lipinski definition) is 1. The van der Waals surface area contributed by atoms with Crippen molar-refractivity contribution >= 4 is 0 Å². The average Bonchev–Trinajstić information content (AvgIpc) is 3.05. The fourth-order valence-corrected chi connectivity index (χ4v) is 10.1. The number of aliphatic hydroxyl groups is 1. The van der Waals surface area contributed by atoms with Crippen LogP contribution < -0.4 is 0 Å². The maximum absolute atomic E-state index is 10.6. The van der Waals surface area contributed by atoms with Crippen molar-refractivity contribution < 1.29 is 9.84 Å². The average molecular weight is 485 g/mol. The summed E-state index contributed by atoms with van der Waals surface area (Å²) in [6.45, 7) is 24.3. The lowest BCUT2D eigenvalue weighted by Gasteiger charge is -2.64. The highest BCUT2D eigenvalue weighted by molar-refractivity contribution is 5.33. The molecule has 200 valence electrons. The third-order valence-corrected chi connectivity index (χ3v) is 12.8. The molecule has 0 aromatic carbocycles. The molecule has 0 radical (unpaired) electrons. The summed E-state index contributed by atoms with van der Waals surface area (Å²) in [5.41, 5.74) is 4.44. The van der Waals surface area contributed by atoms with Gasteiger partial charge in [-0.3, -0.25) is 0 Å². The minimum atomic E-state index is 0.153. The predicted molar refractivity (Wildman–Crippen MR) is 148 cm³/mol. The molecule has 4 rings (SSSR count). The van der Waals surface area contributed by atoms with E-state index in [4.69, 9.17) is 4.74 Å². The van der Waals surface area contributed by atoms with E-state index in [1.165, 1.54) is 50.5 Å². The van der Waals surface area contributed by atoms with Gasteiger partial charge in [-0.1, -0.05) is 79.2 Å². The first-order valence-electron chi connectivity index (χ1n) is 14.7. The molecule has 8 atom stereocenters. The number of aliphatic hydroxyl groups excluding tert-OH is 1. The fraction of sp³-hybridized carbons (Fsp3) is 0.879. The van der Waals surface area contributed by atoms with Crippen molar-refractivity contribution in [1.82, 2.24) is 0 Å². The molecule has 35 heavy (non-hydrogen) atoms. The second kappa shape index (κ2) is 9.00. The van der Waals surface area contributed by atoms with Gasteiger partial charge in [-0.15, -0.1) is 0 Å². The van der Waals surface area contributed by atoms with Gasteiger partial charge in [0.05, 0.1) is 6.10 Å². The first-order valence-corrected chi connectivity index (χ1v) is 14.7. The molecule has 0 aliphatic heterocycles. The van der Waals surface area contributed by atoms with Crippen molar-refractivity contribution in [3.05, 3.63) is 23.8 Å². The molecule has 0 aromatic heterocycles. The summed E-state index contributed by atoms with van der Waals surface area (Å²) in [5.74, 6) is 2.40. The third kappa shape index (κ3) is 4.03. The zero-order valence-corrected chi connectivity index (χ0v) is 24.6. The Morgan fingerprint density at radius 2 is 1.74 bits per heavy atom. The van der Waals surface area contributed by atoms with E-state index in [0.29, 0.717) is 47.2 Å². The molecular weight excluding hydrogens is 428 g/mol. The first-order chi connectivity index (χ1) is 16.2. The van der Waals surface area contributed by atoms with E-state index in [-0.39, 0.29) is 16.2 Å². The number of fused-ring (bicyclic) bond motifs is 5. The Balaban J connectivity index is 1.61. The van der Waals surface area contributed by atoms with E-state index >= 15 is 0 Å². The smallest absolute Gasteiger partial charge is 0.0625 e. The van der Waals surface area contributed by atoms with Gasteiger partial charge in [0.25, 0.3) is 0 Å². The maximum Gasteiger partial charge on any atom is 0.0625 e. The van der Waals surface area contributed by atoms with Gasteiger partial charge in [0, 0.05) is 13.7 Å². The summed E-state index contributed by atoms with van der Waals surface area (Å²) in [4.78, 5) is 0. The molecule has 0 spiro atoms. The molecule has 4 aliphatic carbocycles. The number of ether oxygens (including phenoxy) is 1. The van der Waals surface area contributed by atoms with Gasteiger partial charge in [-0.2, -0.15) is 0 Å². The Labute approximate surface area is 217 Å². The van der Waals surface area contributed by atoms with Crippen molar-refractivity contribution in [2.45, 2.75) is 119 Å². The molecule has 0 aromatic rings. The van der Waals surface area contributed by atoms with Crippen LogP contribution in [0.2, 0.25) is 0 Å². The molecule has 0 amide bonds. The Morgan fingerprint density at radius 1 is 1.06 bits per heavy atom. The molecule has 3 saturated carbocycles. The fourth-order valence-electron chi connectivity index (χ4n) is 10.1. The van der Waals surface area contributed by atoms with Gasteiger partial charge in [0.2, 0.25) is 0 Å². The van der Waals surface area contributed by atoms with Crippen LogP contribution in [0.1, 0.15) is 113 Å². The Bertz CT molecular complexity index is 846. The third-order valence-electron chi connectivity index (χ3n) is 12.8. The van der Waals surface area contributed by atoms with Crippen molar-refractivity contribution in [2.75, 3.05) is 13.7 Å². The van der Waals surface area contributed by atoms with Crippen LogP contribution in [0.15, 0.2) is 23.8 Å². The van der Waals surface area contributed by atoms with Crippen LogP contribution in [0.25, 0.3) is 0 Å². The number of hydrogen-bond acceptors (Lipinski definition) is 2. The molecule has 2 nitrogen and oxygen atoms in total. The minimum absolute atomic E-state index is 0.153. The highest BCUT2D eigenvalue weighted by Gasteiger charge is 2.65. The van der Waals surface area contributed by atoms with Gasteiger partial charge in [-0.05, 0) is 109 Å². The molecule has 0 bridgehead atoms. The van der Waals surface area contributed by atoms with Crippen molar-refractivity contribution in [3.63, 3.8) is 0 Å². The summed E-state index contributed by atoms with van der Waals surface area (Å²) in [6.07, 6.45) is 14.1. The zero-order valence-electron chi connectivity index (χ0n) is 24.6. The Morgan fingerprint density at radius 3 is 2.34 bits per heavy atom. The molecule has 0 heterocycles. The topological polar surface area (TPSA) is 29.5 Å². The van der Waals surface area contributed by atoms with Gasteiger partial charge < -0.3 is 9.84 Å². The van der Waals surface area contributed by atoms with Gasteiger partial charge in [0.1, 0.15) is 0 Å². The van der Waals surface area contributed by atoms with Crippen LogP contribution in [0, 0.1) is 50.7 Å². The van der Waals surface area contributed by atoms with Crippen LogP contribution in [0.4, 0.5) is 0 Å². The lowest BCUT2D eigenvalue weighted by atomic mass is 9.41. The summed E-state index contributed by atoms with van der Waals surface area (Å²) in [6, 6.07) is 0. The van der Waals surface area contributed by atoms with Crippen molar-refractivity contribution in [3.8, 4) is 0 Å². The van der Waals surface area contributed by atoms with E-state index in [9.17, 15) is 5.11 Å². The number of rotatable bonds is 6. The molecule has 0 unspecified atom stereocenters. The second-order valence-corrected chi connectivity index (χ2v) is 15.4. The minimum Gasteiger partial charge on any atom is -0.396 e. The standard InChI is InChI=1S/C33H56O2/c1-22(29(2,3)4)11-12-23(21-34)24-15-19-33(9)26-13-14-27-30(5,6)28(35-10)17-18-31(27,7)25(26)16-20-32(24,33)8/h16,23-24,26-28,34H,1,11-15,17-21H2,2-10H3/t23-,24-,26+,27-,28-,31+,32+,33-/m0/s1. The SMILES string of the molecule is C=C(CC[C@@H](CO)[C@@H]1CC[C@@]2(C)[C@@H]3CC[C@H]4C(C)(C)[C@@H](OC)CC[C@]4(C)C3=CC[C@]12C)C(C)(C)C. The van der Waals surface area contributed by atoms with E-state index in [1.54, 1.807) is 5.57 Å². The van der Waals surface area contributed by atoms with E-state index < -0.39 is 0 Å². The zero-order chi connectivity index (χ0) is 26.0. The summed E-state index contributed by atoms with van der Waals surface area (Å²) >= 11 is 0. The lowest BCUT2D eigenvalue weighted by Crippen LogP contribution is -2.58. The van der Waals surface area contributed by atoms with E-state index in [1.807, 2.05) is 7.11 Å². The van der Waals surface area contributed by atoms with Crippen molar-refractivity contribution in [2.24, 2.45) is 50.7 Å². The largest absolute Gasteiger partial charge is 0.396 e. The lowest BCUT2D eigenvalue weighted by molar-refractivity contribution is -0.130. The van der Waals surface area contributed by atoms with Gasteiger partial charge in [-0.25, -0.2) is 0 Å². The second-order valence-electron chi connectivity index (χ2n) is 15.4. The monoisotopic (exact) mass is 484 g/mol. The van der Waals surface area contributed by atoms with Crippen LogP contribution in [0.5, 0.6) is 0 Å². The van der Waals surface area contributed by atoms with Crippen LogP contribution >= 0.6 is 0 Å². The van der Waals surface area contributed by atoms with Crippen LogP contribution in [0.3, 0.4) is 0 Å². The molecule has 0 saturated heterocycles. The maximum atomic E-state index is 10.6. The quantitative estimate of drug-likeness (QED) is 0.382. The molecule has 1 N–H and O–H groups in total. The predicted octanol–water partition coefficient (Wildman–Crippen LogP) is 8.60. The highest BCUT2D eigenvalue weighted by Crippen LogP contribution is 2.73. The van der Waals surface area contributed by atoms with Gasteiger partial charge >= 0.3 is 0 Å². The van der Waals surface area contributed by atoms with E-state index in [2.05, 4.69) is 68.0 Å². The van der Waals surface area contributed by atoms with E-state index in [0.717, 1.165) is 12.8 Å². The van der Waals surface area contributed by atoms with Gasteiger partial charge in [0.15, 0.2) is 0 Å². The Kier molecular flexibility index (Phi) is 7.06. The molecule has 3 fully saturated rings. The molecule has 4 aliphatic rings. The van der Waals surface area contributed by atoms with Crippen LogP contribution in [-0.4, -0.2) is 24.9 Å². The first kappa shape index (κ1) is 27.4. The van der Waals surface area contributed by atoms with Crippen molar-refractivity contribution in [1.29, 1.82) is 0 Å². The molecule has 2 heteroatoms. The number of allylic oxidation sites excluding steroid dienone is 3.